The number of hydrogen-bond donors (Lipinski definition) is 1. The van der Waals surface area contributed by atoms with E-state index < -0.39 is 5.97 Å². The zero-order valence-corrected chi connectivity index (χ0v) is 16.7. The van der Waals surface area contributed by atoms with Gasteiger partial charge in [0, 0.05) is 10.9 Å². The van der Waals surface area contributed by atoms with Crippen molar-refractivity contribution in [2.75, 3.05) is 4.90 Å². The number of carbonyl (C=O) groups excluding carboxylic acids is 2. The van der Waals surface area contributed by atoms with Crippen molar-refractivity contribution in [1.82, 2.24) is 4.98 Å². The molecule has 2 aromatic carbocycles. The maximum absolute atomic E-state index is 13.0. The topological polar surface area (TPSA) is 87.6 Å². The first-order chi connectivity index (χ1) is 15.0. The average Bonchev–Trinajstić information content (AvgIpc) is 3.47. The van der Waals surface area contributed by atoms with Crippen LogP contribution in [0.15, 0.2) is 54.6 Å². The van der Waals surface area contributed by atoms with E-state index in [4.69, 9.17) is 0 Å². The van der Waals surface area contributed by atoms with Crippen molar-refractivity contribution in [2.45, 2.75) is 19.3 Å². The van der Waals surface area contributed by atoms with Gasteiger partial charge in [0.25, 0.3) is 0 Å². The first-order valence-electron chi connectivity index (χ1n) is 10.6. The summed E-state index contributed by atoms with van der Waals surface area (Å²) in [6.45, 7) is 0. The van der Waals surface area contributed by atoms with Crippen molar-refractivity contribution in [1.29, 1.82) is 0 Å². The minimum absolute atomic E-state index is 0.0630. The van der Waals surface area contributed by atoms with Gasteiger partial charge in [-0.15, -0.1) is 0 Å². The van der Waals surface area contributed by atoms with Gasteiger partial charge in [0.05, 0.1) is 34.3 Å². The second-order valence-corrected chi connectivity index (χ2v) is 8.82. The zero-order valence-electron chi connectivity index (χ0n) is 16.7. The Labute approximate surface area is 178 Å². The molecule has 2 saturated carbocycles. The second-order valence-electron chi connectivity index (χ2n) is 8.82. The summed E-state index contributed by atoms with van der Waals surface area (Å²) in [4.78, 5) is 43.8. The number of benzene rings is 2. The lowest BCUT2D eigenvalue weighted by atomic mass is 9.81. The van der Waals surface area contributed by atoms with Crippen LogP contribution in [0.2, 0.25) is 0 Å². The molecule has 6 nitrogen and oxygen atoms in total. The number of pyridine rings is 1. The van der Waals surface area contributed by atoms with E-state index in [0.29, 0.717) is 34.1 Å². The van der Waals surface area contributed by atoms with E-state index in [0.717, 1.165) is 24.8 Å². The molecule has 3 fully saturated rings. The lowest BCUT2D eigenvalue weighted by molar-refractivity contribution is -0.123. The predicted octanol–water partition coefficient (Wildman–Crippen LogP) is 4.14. The van der Waals surface area contributed by atoms with Crippen molar-refractivity contribution < 1.29 is 19.5 Å². The Morgan fingerprint density at radius 1 is 0.935 bits per heavy atom. The molecule has 1 saturated heterocycles. The summed E-state index contributed by atoms with van der Waals surface area (Å²) >= 11 is 0. The highest BCUT2D eigenvalue weighted by molar-refractivity contribution is 6.22. The lowest BCUT2D eigenvalue weighted by Crippen LogP contribution is -2.32. The molecule has 3 aromatic rings. The van der Waals surface area contributed by atoms with Gasteiger partial charge in [-0.05, 0) is 55.4 Å². The molecule has 2 aliphatic carbocycles. The minimum Gasteiger partial charge on any atom is -0.478 e. The van der Waals surface area contributed by atoms with Crippen molar-refractivity contribution >= 4 is 34.4 Å². The average molecular weight is 412 g/mol. The van der Waals surface area contributed by atoms with Gasteiger partial charge in [-0.3, -0.25) is 14.5 Å². The molecule has 0 spiro atoms. The number of nitrogens with zero attached hydrogens (tertiary/aromatic N) is 2. The van der Waals surface area contributed by atoms with Crippen LogP contribution < -0.4 is 4.90 Å². The Morgan fingerprint density at radius 2 is 1.58 bits per heavy atom. The van der Waals surface area contributed by atoms with Gasteiger partial charge in [0.2, 0.25) is 11.8 Å². The van der Waals surface area contributed by atoms with Crippen LogP contribution in [0.5, 0.6) is 0 Å². The molecule has 0 radical (unpaired) electrons. The summed E-state index contributed by atoms with van der Waals surface area (Å²) in [5.74, 6) is -0.721. The summed E-state index contributed by atoms with van der Waals surface area (Å²) in [5, 5.41) is 10.2. The van der Waals surface area contributed by atoms with E-state index in [1.165, 1.54) is 4.90 Å². The Morgan fingerprint density at radius 3 is 2.23 bits per heavy atom. The molecule has 1 N–H and O–H groups in total. The van der Waals surface area contributed by atoms with Gasteiger partial charge < -0.3 is 5.11 Å². The molecule has 1 aliphatic heterocycles. The third-order valence-electron chi connectivity index (χ3n) is 7.30. The number of aromatic carboxylic acids is 1. The Kier molecular flexibility index (Phi) is 3.81. The molecule has 154 valence electrons. The Bertz CT molecular complexity index is 1240. The fourth-order valence-electron chi connectivity index (χ4n) is 5.94. The molecule has 6 rings (SSSR count). The summed E-state index contributed by atoms with van der Waals surface area (Å²) < 4.78 is 0. The van der Waals surface area contributed by atoms with Crippen LogP contribution in [0.1, 0.15) is 29.6 Å². The molecule has 0 unspecified atom stereocenters. The van der Waals surface area contributed by atoms with E-state index in [1.54, 1.807) is 48.5 Å². The number of hydrogen-bond acceptors (Lipinski definition) is 4. The summed E-state index contributed by atoms with van der Waals surface area (Å²) in [5.41, 5.74) is 2.65. The minimum atomic E-state index is -1.01. The molecule has 4 atom stereocenters. The lowest BCUT2D eigenvalue weighted by Gasteiger charge is -2.19. The number of fused-ring (bicyclic) bond motifs is 6. The smallest absolute Gasteiger partial charge is 0.336 e. The molecular formula is C25H20N2O4. The van der Waals surface area contributed by atoms with Crippen molar-refractivity contribution in [3.05, 3.63) is 60.2 Å². The van der Waals surface area contributed by atoms with E-state index in [-0.39, 0.29) is 29.2 Å². The summed E-state index contributed by atoms with van der Waals surface area (Å²) in [6, 6.07) is 15.8. The molecule has 2 amide bonds. The molecular weight excluding hydrogens is 392 g/mol. The van der Waals surface area contributed by atoms with E-state index in [1.807, 2.05) is 6.07 Å². The van der Waals surface area contributed by atoms with Gasteiger partial charge in [-0.25, -0.2) is 9.78 Å². The maximum atomic E-state index is 13.0. The molecule has 6 heteroatoms. The normalized spacial score (nSPS) is 26.6. The number of imide groups is 1. The van der Waals surface area contributed by atoms with Gasteiger partial charge in [-0.2, -0.15) is 0 Å². The van der Waals surface area contributed by atoms with Crippen LogP contribution in [0, 0.1) is 23.7 Å². The monoisotopic (exact) mass is 412 g/mol. The third kappa shape index (κ3) is 2.57. The standard InChI is InChI=1S/C25H20N2O4/c28-23-21-14-5-6-15(11-14)22(21)24(29)27(23)16-9-7-13(8-10-16)20-12-18(25(30)31)17-3-1-2-4-19(17)26-20/h1-4,7-10,12,14-15,21-22H,5-6,11H2,(H,30,31)/t14-,15-,21-,22-/m0/s1. The van der Waals surface area contributed by atoms with Gasteiger partial charge in [0.15, 0.2) is 0 Å². The zero-order chi connectivity index (χ0) is 21.3. The number of aromatic nitrogens is 1. The number of carboxylic acid groups (broad SMARTS) is 1. The molecule has 3 aliphatic rings. The van der Waals surface area contributed by atoms with Crippen molar-refractivity contribution in [3.8, 4) is 11.3 Å². The molecule has 2 heterocycles. The van der Waals surface area contributed by atoms with Crippen LogP contribution >= 0.6 is 0 Å². The molecule has 1 aromatic heterocycles. The summed E-state index contributed by atoms with van der Waals surface area (Å²) in [6.07, 6.45) is 3.12. The van der Waals surface area contributed by atoms with Crippen LogP contribution in [0.25, 0.3) is 22.2 Å². The SMILES string of the molecule is O=C(O)c1cc(-c2ccc(N3C(=O)[C@H]4[C@H]5CC[C@@H](C5)[C@@H]4C3=O)cc2)nc2ccccc12. The van der Waals surface area contributed by atoms with Crippen molar-refractivity contribution in [3.63, 3.8) is 0 Å². The molecule has 31 heavy (non-hydrogen) atoms. The highest BCUT2D eigenvalue weighted by atomic mass is 16.4. The van der Waals surface area contributed by atoms with Crippen LogP contribution in [-0.2, 0) is 9.59 Å². The highest BCUT2D eigenvalue weighted by Crippen LogP contribution is 2.56. The fraction of sp³-hybridized carbons (Fsp3) is 0.280. The van der Waals surface area contributed by atoms with Crippen LogP contribution in [0.3, 0.4) is 0 Å². The highest BCUT2D eigenvalue weighted by Gasteiger charge is 2.61. The number of amides is 2. The van der Waals surface area contributed by atoms with Gasteiger partial charge >= 0.3 is 5.97 Å². The van der Waals surface area contributed by atoms with E-state index in [2.05, 4.69) is 4.98 Å². The van der Waals surface area contributed by atoms with Crippen molar-refractivity contribution in [2.24, 2.45) is 23.7 Å². The Balaban J connectivity index is 1.36. The number of anilines is 1. The predicted molar refractivity (Wildman–Crippen MR) is 114 cm³/mol. The fourth-order valence-corrected chi connectivity index (χ4v) is 5.94. The quantitative estimate of drug-likeness (QED) is 0.654. The number of rotatable bonds is 3. The number of para-hydroxylation sites is 1. The number of carbonyl (C=O) groups is 3. The first-order valence-corrected chi connectivity index (χ1v) is 10.6. The van der Waals surface area contributed by atoms with Gasteiger partial charge in [0.1, 0.15) is 0 Å². The number of carboxylic acids is 1. The van der Waals surface area contributed by atoms with Crippen LogP contribution in [0.4, 0.5) is 5.69 Å². The van der Waals surface area contributed by atoms with Crippen LogP contribution in [-0.4, -0.2) is 27.9 Å². The second kappa shape index (κ2) is 6.48. The first kappa shape index (κ1) is 18.2. The molecule has 2 bridgehead atoms. The van der Waals surface area contributed by atoms with E-state index in [9.17, 15) is 19.5 Å². The van der Waals surface area contributed by atoms with E-state index >= 15 is 0 Å². The Hall–Kier alpha value is -3.54. The van der Waals surface area contributed by atoms with Gasteiger partial charge in [-0.1, -0.05) is 30.3 Å². The largest absolute Gasteiger partial charge is 0.478 e. The summed E-state index contributed by atoms with van der Waals surface area (Å²) in [7, 11) is 0. The third-order valence-corrected chi connectivity index (χ3v) is 7.30. The maximum Gasteiger partial charge on any atom is 0.336 e.